The zero-order valence-corrected chi connectivity index (χ0v) is 14.3. The van der Waals surface area contributed by atoms with E-state index in [4.69, 9.17) is 16.9 Å². The van der Waals surface area contributed by atoms with Gasteiger partial charge in [-0.3, -0.25) is 0 Å². The van der Waals surface area contributed by atoms with Gasteiger partial charge in [0.25, 0.3) is 0 Å². The maximum Gasteiger partial charge on any atom is 0.421 e. The summed E-state index contributed by atoms with van der Waals surface area (Å²) >= 11 is 5.87. The van der Waals surface area contributed by atoms with E-state index >= 15 is 0 Å². The average molecular weight is 390 g/mol. The number of nitrogens with zero attached hydrogens (tertiary/aromatic N) is 3. The highest BCUT2D eigenvalue weighted by Gasteiger charge is 2.35. The van der Waals surface area contributed by atoms with Crippen LogP contribution in [0.15, 0.2) is 54.7 Å². The molecule has 2 aromatic carbocycles. The summed E-state index contributed by atoms with van der Waals surface area (Å²) in [7, 11) is 0. The number of hydrogen-bond acceptors (Lipinski definition) is 5. The Labute approximate surface area is 157 Å². The fraction of sp³-hybridized carbons (Fsp3) is 0.0556. The Balaban J connectivity index is 1.93. The topological polar surface area (TPSA) is 73.6 Å². The number of aromatic nitrogens is 2. The first kappa shape index (κ1) is 18.5. The van der Waals surface area contributed by atoms with Crippen molar-refractivity contribution in [1.82, 2.24) is 9.97 Å². The molecule has 2 N–H and O–H groups in total. The van der Waals surface area contributed by atoms with Crippen molar-refractivity contribution in [3.05, 3.63) is 70.9 Å². The van der Waals surface area contributed by atoms with E-state index in [9.17, 15) is 13.2 Å². The molecule has 0 radical (unpaired) electrons. The minimum Gasteiger partial charge on any atom is -0.340 e. The number of nitrogens with one attached hydrogen (secondary N) is 2. The summed E-state index contributed by atoms with van der Waals surface area (Å²) in [4.78, 5) is 7.67. The molecule has 9 heteroatoms. The fourth-order valence-electron chi connectivity index (χ4n) is 2.20. The standard InChI is InChI=1S/C18H11ClF3N5/c19-12-2-1-3-14(8-12)25-16-15(18(20,21)22)10-24-17(27-16)26-13-6-4-11(9-23)5-7-13/h1-8,10H,(H2,24,25,26,27). The van der Waals surface area contributed by atoms with Gasteiger partial charge in [-0.1, -0.05) is 17.7 Å². The highest BCUT2D eigenvalue weighted by Crippen LogP contribution is 2.35. The van der Waals surface area contributed by atoms with Crippen LogP contribution in [-0.2, 0) is 6.18 Å². The molecule has 0 saturated heterocycles. The molecule has 0 amide bonds. The maximum atomic E-state index is 13.3. The third kappa shape index (κ3) is 4.65. The van der Waals surface area contributed by atoms with Gasteiger partial charge in [0, 0.05) is 22.6 Å². The number of alkyl halides is 3. The molecular formula is C18H11ClF3N5. The second-order valence-electron chi connectivity index (χ2n) is 5.40. The van der Waals surface area contributed by atoms with Crippen LogP contribution in [0.2, 0.25) is 5.02 Å². The monoisotopic (exact) mass is 389 g/mol. The second-order valence-corrected chi connectivity index (χ2v) is 5.84. The van der Waals surface area contributed by atoms with Crippen molar-refractivity contribution in [2.45, 2.75) is 6.18 Å². The van der Waals surface area contributed by atoms with E-state index in [0.717, 1.165) is 0 Å². The Morgan fingerprint density at radius 3 is 2.37 bits per heavy atom. The number of rotatable bonds is 4. The molecule has 5 nitrogen and oxygen atoms in total. The zero-order valence-electron chi connectivity index (χ0n) is 13.5. The summed E-state index contributed by atoms with van der Waals surface area (Å²) in [5.74, 6) is -0.437. The van der Waals surface area contributed by atoms with Crippen molar-refractivity contribution in [3.63, 3.8) is 0 Å². The van der Waals surface area contributed by atoms with Crippen molar-refractivity contribution in [2.75, 3.05) is 10.6 Å². The Kier molecular flexibility index (Phi) is 5.14. The number of hydrogen-bond donors (Lipinski definition) is 2. The van der Waals surface area contributed by atoms with Crippen LogP contribution in [0.1, 0.15) is 11.1 Å². The lowest BCUT2D eigenvalue weighted by atomic mass is 10.2. The Hall–Kier alpha value is -3.31. The molecule has 3 rings (SSSR count). The summed E-state index contributed by atoms with van der Waals surface area (Å²) < 4.78 is 39.8. The number of benzene rings is 2. The van der Waals surface area contributed by atoms with Crippen LogP contribution in [0.3, 0.4) is 0 Å². The van der Waals surface area contributed by atoms with Crippen LogP contribution >= 0.6 is 11.6 Å². The summed E-state index contributed by atoms with van der Waals surface area (Å²) in [6.45, 7) is 0. The number of halogens is 4. The molecule has 1 aromatic heterocycles. The van der Waals surface area contributed by atoms with Crippen molar-refractivity contribution in [1.29, 1.82) is 5.26 Å². The molecule has 0 aliphatic rings. The van der Waals surface area contributed by atoms with Gasteiger partial charge in [-0.05, 0) is 42.5 Å². The van der Waals surface area contributed by atoms with Gasteiger partial charge in [0.2, 0.25) is 5.95 Å². The van der Waals surface area contributed by atoms with Gasteiger partial charge in [0.15, 0.2) is 0 Å². The minimum atomic E-state index is -4.63. The molecule has 0 fully saturated rings. The molecule has 1 heterocycles. The van der Waals surface area contributed by atoms with Crippen molar-refractivity contribution in [2.24, 2.45) is 0 Å². The Morgan fingerprint density at radius 1 is 1.00 bits per heavy atom. The number of anilines is 4. The molecule has 27 heavy (non-hydrogen) atoms. The molecule has 0 atom stereocenters. The minimum absolute atomic E-state index is 0.0303. The SMILES string of the molecule is N#Cc1ccc(Nc2ncc(C(F)(F)F)c(Nc3cccc(Cl)c3)n2)cc1. The molecule has 3 aromatic rings. The quantitative estimate of drug-likeness (QED) is 0.615. The van der Waals surface area contributed by atoms with E-state index in [1.807, 2.05) is 6.07 Å². The third-order valence-electron chi connectivity index (χ3n) is 3.45. The molecule has 0 unspecified atom stereocenters. The average Bonchev–Trinajstić information content (AvgIpc) is 2.61. The van der Waals surface area contributed by atoms with Crippen LogP contribution in [0.25, 0.3) is 0 Å². The predicted molar refractivity (Wildman–Crippen MR) is 96.2 cm³/mol. The van der Waals surface area contributed by atoms with Crippen molar-refractivity contribution in [3.8, 4) is 6.07 Å². The summed E-state index contributed by atoms with van der Waals surface area (Å²) in [6, 6.07) is 14.6. The zero-order chi connectivity index (χ0) is 19.4. The Morgan fingerprint density at radius 2 is 1.74 bits per heavy atom. The van der Waals surface area contributed by atoms with Crippen LogP contribution in [0.5, 0.6) is 0 Å². The van der Waals surface area contributed by atoms with Gasteiger partial charge in [-0.15, -0.1) is 0 Å². The number of nitriles is 1. The van der Waals surface area contributed by atoms with Gasteiger partial charge in [0.1, 0.15) is 11.4 Å². The van der Waals surface area contributed by atoms with E-state index in [2.05, 4.69) is 20.6 Å². The van der Waals surface area contributed by atoms with Crippen molar-refractivity contribution >= 4 is 34.7 Å². The smallest absolute Gasteiger partial charge is 0.340 e. The van der Waals surface area contributed by atoms with Crippen LogP contribution in [-0.4, -0.2) is 9.97 Å². The van der Waals surface area contributed by atoms with Gasteiger partial charge >= 0.3 is 6.18 Å². The largest absolute Gasteiger partial charge is 0.421 e. The third-order valence-corrected chi connectivity index (χ3v) is 3.69. The highest BCUT2D eigenvalue weighted by atomic mass is 35.5. The van der Waals surface area contributed by atoms with Crippen molar-refractivity contribution < 1.29 is 13.2 Å². The van der Waals surface area contributed by atoms with E-state index in [1.165, 1.54) is 6.07 Å². The first-order valence-electron chi connectivity index (χ1n) is 7.59. The highest BCUT2D eigenvalue weighted by molar-refractivity contribution is 6.30. The second kappa shape index (κ2) is 7.51. The summed E-state index contributed by atoms with van der Waals surface area (Å²) in [5, 5.41) is 14.6. The van der Waals surface area contributed by atoms with E-state index in [1.54, 1.807) is 42.5 Å². The molecule has 0 saturated carbocycles. The van der Waals surface area contributed by atoms with E-state index in [-0.39, 0.29) is 5.95 Å². The lowest BCUT2D eigenvalue weighted by Gasteiger charge is -2.15. The molecule has 0 aliphatic carbocycles. The summed E-state index contributed by atoms with van der Waals surface area (Å²) in [6.07, 6.45) is -3.93. The van der Waals surface area contributed by atoms with Gasteiger partial charge < -0.3 is 10.6 Å². The van der Waals surface area contributed by atoms with Crippen LogP contribution in [0, 0.1) is 11.3 Å². The predicted octanol–water partition coefficient (Wildman–Crippen LogP) is 5.51. The lowest BCUT2D eigenvalue weighted by Crippen LogP contribution is -2.12. The van der Waals surface area contributed by atoms with Gasteiger partial charge in [0.05, 0.1) is 11.6 Å². The summed E-state index contributed by atoms with van der Waals surface area (Å²) in [5.41, 5.74) is 0.337. The maximum absolute atomic E-state index is 13.3. The molecule has 0 aliphatic heterocycles. The van der Waals surface area contributed by atoms with E-state index < -0.39 is 17.6 Å². The van der Waals surface area contributed by atoms with Crippen LogP contribution < -0.4 is 10.6 Å². The normalized spacial score (nSPS) is 10.9. The first-order valence-corrected chi connectivity index (χ1v) is 7.97. The van der Waals surface area contributed by atoms with Gasteiger partial charge in [-0.2, -0.15) is 23.4 Å². The first-order chi connectivity index (χ1) is 12.8. The molecule has 136 valence electrons. The molecule has 0 bridgehead atoms. The van der Waals surface area contributed by atoms with Crippen LogP contribution in [0.4, 0.5) is 36.3 Å². The lowest BCUT2D eigenvalue weighted by molar-refractivity contribution is -0.137. The molecular weight excluding hydrogens is 379 g/mol. The Bertz CT molecular complexity index is 997. The van der Waals surface area contributed by atoms with E-state index in [0.29, 0.717) is 28.2 Å². The fourth-order valence-corrected chi connectivity index (χ4v) is 2.40. The van der Waals surface area contributed by atoms with Gasteiger partial charge in [-0.25, -0.2) is 4.98 Å². The molecule has 0 spiro atoms.